The molecular formula is C19H31N3O2S. The van der Waals surface area contributed by atoms with Crippen LogP contribution in [0.3, 0.4) is 0 Å². The summed E-state index contributed by atoms with van der Waals surface area (Å²) in [6.07, 6.45) is 0.540. The Bertz CT molecular complexity index is 517. The maximum absolute atomic E-state index is 12.2. The first-order valence-corrected chi connectivity index (χ1v) is 10.4. The Hall–Kier alpha value is -1.24. The van der Waals surface area contributed by atoms with Gasteiger partial charge in [-0.05, 0) is 19.2 Å². The number of benzene rings is 1. The van der Waals surface area contributed by atoms with Crippen LogP contribution in [0.2, 0.25) is 0 Å². The molecule has 140 valence electrons. The number of hydrogen-bond donors (Lipinski definition) is 2. The SMILES string of the molecule is CCN(CC)CCOc1ccccc1CNC(=O)CC1CSCCN1. The molecule has 0 aromatic heterocycles. The molecule has 0 aliphatic carbocycles. The molecule has 1 atom stereocenters. The molecule has 1 aliphatic heterocycles. The average Bonchev–Trinajstić information content (AvgIpc) is 2.65. The van der Waals surface area contributed by atoms with E-state index in [4.69, 9.17) is 4.74 Å². The van der Waals surface area contributed by atoms with Gasteiger partial charge >= 0.3 is 0 Å². The van der Waals surface area contributed by atoms with E-state index in [1.165, 1.54) is 0 Å². The van der Waals surface area contributed by atoms with Crippen molar-refractivity contribution >= 4 is 17.7 Å². The second-order valence-corrected chi connectivity index (χ2v) is 7.34. The molecule has 0 radical (unpaired) electrons. The molecular weight excluding hydrogens is 334 g/mol. The predicted octanol–water partition coefficient (Wildman–Crippen LogP) is 2.12. The summed E-state index contributed by atoms with van der Waals surface area (Å²) >= 11 is 1.91. The normalized spacial score (nSPS) is 17.5. The van der Waals surface area contributed by atoms with E-state index in [9.17, 15) is 4.79 Å². The van der Waals surface area contributed by atoms with Crippen LogP contribution < -0.4 is 15.4 Å². The van der Waals surface area contributed by atoms with E-state index in [2.05, 4.69) is 29.4 Å². The van der Waals surface area contributed by atoms with Gasteiger partial charge in [-0.2, -0.15) is 11.8 Å². The number of para-hydroxylation sites is 1. The van der Waals surface area contributed by atoms with Crippen LogP contribution in [-0.2, 0) is 11.3 Å². The number of carbonyl (C=O) groups excluding carboxylic acids is 1. The number of nitrogens with zero attached hydrogens (tertiary/aromatic N) is 1. The van der Waals surface area contributed by atoms with Crippen molar-refractivity contribution in [3.63, 3.8) is 0 Å². The van der Waals surface area contributed by atoms with E-state index in [0.717, 1.165) is 49.0 Å². The third-order valence-corrected chi connectivity index (χ3v) is 5.57. The summed E-state index contributed by atoms with van der Waals surface area (Å²) in [6, 6.07) is 8.24. The van der Waals surface area contributed by atoms with Crippen LogP contribution in [0.4, 0.5) is 0 Å². The molecule has 1 unspecified atom stereocenters. The number of carbonyl (C=O) groups is 1. The Morgan fingerprint density at radius 3 is 2.88 bits per heavy atom. The minimum absolute atomic E-state index is 0.0953. The Morgan fingerprint density at radius 1 is 1.36 bits per heavy atom. The van der Waals surface area contributed by atoms with Gasteiger partial charge in [-0.25, -0.2) is 0 Å². The van der Waals surface area contributed by atoms with Crippen molar-refractivity contribution in [2.75, 3.05) is 44.3 Å². The third kappa shape index (κ3) is 7.26. The number of rotatable bonds is 10. The lowest BCUT2D eigenvalue weighted by Crippen LogP contribution is -2.41. The molecule has 0 bridgehead atoms. The standard InChI is InChI=1S/C19H31N3O2S/c1-3-22(4-2)10-11-24-18-8-6-5-7-16(18)14-21-19(23)13-17-15-25-12-9-20-17/h5-8,17,20H,3-4,9-15H2,1-2H3,(H,21,23). The molecule has 5 nitrogen and oxygen atoms in total. The molecule has 2 N–H and O–H groups in total. The first-order chi connectivity index (χ1) is 12.2. The van der Waals surface area contributed by atoms with Crippen molar-refractivity contribution in [1.82, 2.24) is 15.5 Å². The van der Waals surface area contributed by atoms with E-state index in [1.54, 1.807) is 0 Å². The molecule has 25 heavy (non-hydrogen) atoms. The number of ether oxygens (including phenoxy) is 1. The minimum atomic E-state index is 0.0953. The van der Waals surface area contributed by atoms with Crippen molar-refractivity contribution in [1.29, 1.82) is 0 Å². The van der Waals surface area contributed by atoms with Gasteiger partial charge in [-0.1, -0.05) is 32.0 Å². The Kier molecular flexibility index (Phi) is 9.15. The molecule has 1 heterocycles. The summed E-state index contributed by atoms with van der Waals surface area (Å²) in [5.41, 5.74) is 1.03. The second kappa shape index (κ2) is 11.4. The highest BCUT2D eigenvalue weighted by Gasteiger charge is 2.16. The molecule has 0 spiro atoms. The fraction of sp³-hybridized carbons (Fsp3) is 0.632. The van der Waals surface area contributed by atoms with Gasteiger partial charge in [-0.3, -0.25) is 4.79 Å². The lowest BCUT2D eigenvalue weighted by atomic mass is 10.2. The van der Waals surface area contributed by atoms with Gasteiger partial charge in [0.15, 0.2) is 0 Å². The summed E-state index contributed by atoms with van der Waals surface area (Å²) < 4.78 is 5.94. The molecule has 1 aromatic rings. The van der Waals surface area contributed by atoms with Gasteiger partial charge < -0.3 is 20.3 Å². The predicted molar refractivity (Wildman–Crippen MR) is 105 cm³/mol. The Balaban J connectivity index is 1.78. The average molecular weight is 366 g/mol. The summed E-state index contributed by atoms with van der Waals surface area (Å²) in [5.74, 6) is 3.11. The zero-order valence-corrected chi connectivity index (χ0v) is 16.2. The molecule has 6 heteroatoms. The molecule has 1 amide bonds. The molecule has 1 fully saturated rings. The first kappa shape index (κ1) is 20.1. The highest BCUT2D eigenvalue weighted by atomic mass is 32.2. The van der Waals surface area contributed by atoms with E-state index in [-0.39, 0.29) is 5.91 Å². The van der Waals surface area contributed by atoms with E-state index in [1.807, 2.05) is 36.0 Å². The van der Waals surface area contributed by atoms with E-state index >= 15 is 0 Å². The van der Waals surface area contributed by atoms with Crippen LogP contribution in [0, 0.1) is 0 Å². The summed E-state index contributed by atoms with van der Waals surface area (Å²) in [5, 5.41) is 6.43. The largest absolute Gasteiger partial charge is 0.492 e. The van der Waals surface area contributed by atoms with Crippen LogP contribution in [0.25, 0.3) is 0 Å². The van der Waals surface area contributed by atoms with Crippen LogP contribution in [0.1, 0.15) is 25.8 Å². The molecule has 1 aromatic carbocycles. The fourth-order valence-electron chi connectivity index (χ4n) is 2.86. The summed E-state index contributed by atoms with van der Waals surface area (Å²) in [6.45, 7) is 9.47. The highest BCUT2D eigenvalue weighted by molar-refractivity contribution is 7.99. The van der Waals surface area contributed by atoms with Gasteiger partial charge in [-0.15, -0.1) is 0 Å². The Labute approximate surface area is 155 Å². The van der Waals surface area contributed by atoms with Gasteiger partial charge in [0.2, 0.25) is 5.91 Å². The van der Waals surface area contributed by atoms with Crippen LogP contribution in [0.5, 0.6) is 5.75 Å². The van der Waals surface area contributed by atoms with Crippen molar-refractivity contribution < 1.29 is 9.53 Å². The van der Waals surface area contributed by atoms with Crippen molar-refractivity contribution in [2.45, 2.75) is 32.9 Å². The number of nitrogens with one attached hydrogen (secondary N) is 2. The maximum atomic E-state index is 12.2. The van der Waals surface area contributed by atoms with E-state index in [0.29, 0.717) is 25.6 Å². The number of thioether (sulfide) groups is 1. The molecule has 2 rings (SSSR count). The second-order valence-electron chi connectivity index (χ2n) is 6.19. The number of hydrogen-bond acceptors (Lipinski definition) is 5. The lowest BCUT2D eigenvalue weighted by molar-refractivity contribution is -0.121. The van der Waals surface area contributed by atoms with Crippen LogP contribution in [0.15, 0.2) is 24.3 Å². The van der Waals surface area contributed by atoms with Crippen molar-refractivity contribution in [3.8, 4) is 5.75 Å². The Morgan fingerprint density at radius 2 is 2.16 bits per heavy atom. The number of amides is 1. The van der Waals surface area contributed by atoms with Crippen molar-refractivity contribution in [3.05, 3.63) is 29.8 Å². The van der Waals surface area contributed by atoms with Gasteiger partial charge in [0.1, 0.15) is 12.4 Å². The number of likely N-dealkylation sites (N-methyl/N-ethyl adjacent to an activating group) is 1. The molecule has 1 aliphatic rings. The summed E-state index contributed by atoms with van der Waals surface area (Å²) in [4.78, 5) is 14.5. The van der Waals surface area contributed by atoms with E-state index < -0.39 is 0 Å². The fourth-order valence-corrected chi connectivity index (χ4v) is 3.80. The highest BCUT2D eigenvalue weighted by Crippen LogP contribution is 2.18. The van der Waals surface area contributed by atoms with Crippen molar-refractivity contribution in [2.24, 2.45) is 0 Å². The molecule has 0 saturated carbocycles. The zero-order chi connectivity index (χ0) is 17.9. The minimum Gasteiger partial charge on any atom is -0.492 e. The smallest absolute Gasteiger partial charge is 0.221 e. The van der Waals surface area contributed by atoms with Crippen LogP contribution >= 0.6 is 11.8 Å². The first-order valence-electron chi connectivity index (χ1n) is 9.23. The van der Waals surface area contributed by atoms with Gasteiger partial charge in [0, 0.05) is 49.2 Å². The topological polar surface area (TPSA) is 53.6 Å². The summed E-state index contributed by atoms with van der Waals surface area (Å²) in [7, 11) is 0. The lowest BCUT2D eigenvalue weighted by Gasteiger charge is -2.22. The zero-order valence-electron chi connectivity index (χ0n) is 15.4. The van der Waals surface area contributed by atoms with Gasteiger partial charge in [0.25, 0.3) is 0 Å². The monoisotopic (exact) mass is 365 g/mol. The third-order valence-electron chi connectivity index (χ3n) is 4.44. The maximum Gasteiger partial charge on any atom is 0.221 e. The van der Waals surface area contributed by atoms with Crippen LogP contribution in [-0.4, -0.2) is 61.1 Å². The molecule has 1 saturated heterocycles. The quantitative estimate of drug-likeness (QED) is 0.665. The van der Waals surface area contributed by atoms with Gasteiger partial charge in [0.05, 0.1) is 0 Å².